The van der Waals surface area contributed by atoms with Crippen molar-refractivity contribution in [1.82, 2.24) is 4.98 Å². The van der Waals surface area contributed by atoms with Crippen molar-refractivity contribution in [2.45, 2.75) is 6.92 Å². The lowest BCUT2D eigenvalue weighted by atomic mass is 10.2. The zero-order valence-electron chi connectivity index (χ0n) is 8.56. The van der Waals surface area contributed by atoms with Gasteiger partial charge in [0.1, 0.15) is 12.4 Å². The molecule has 1 N–H and O–H groups in total. The number of likely N-dealkylation sites (N-methyl/N-ethyl adjacent to an activating group) is 1. The second-order valence-corrected chi connectivity index (χ2v) is 3.22. The number of rotatable bonds is 3. The summed E-state index contributed by atoms with van der Waals surface area (Å²) < 4.78 is 0. The third kappa shape index (κ3) is 2.95. The summed E-state index contributed by atoms with van der Waals surface area (Å²) >= 11 is 0. The smallest absolute Gasteiger partial charge is 0.323 e. The van der Waals surface area contributed by atoms with Crippen LogP contribution in [0.4, 0.5) is 5.82 Å². The van der Waals surface area contributed by atoms with E-state index in [1.54, 1.807) is 26.1 Å². The van der Waals surface area contributed by atoms with Crippen LogP contribution in [-0.4, -0.2) is 29.7 Å². The van der Waals surface area contributed by atoms with E-state index in [1.807, 2.05) is 6.07 Å². The first kappa shape index (κ1) is 11.0. The first-order valence-corrected chi connectivity index (χ1v) is 4.34. The van der Waals surface area contributed by atoms with Gasteiger partial charge in [0.15, 0.2) is 0 Å². The Morgan fingerprint density at radius 3 is 2.87 bits per heavy atom. The van der Waals surface area contributed by atoms with E-state index in [4.69, 9.17) is 10.4 Å². The van der Waals surface area contributed by atoms with Gasteiger partial charge in [-0.25, -0.2) is 4.98 Å². The molecule has 1 rings (SSSR count). The summed E-state index contributed by atoms with van der Waals surface area (Å²) in [7, 11) is 1.62. The van der Waals surface area contributed by atoms with E-state index >= 15 is 0 Å². The molecule has 0 radical (unpaired) electrons. The Morgan fingerprint density at radius 1 is 1.67 bits per heavy atom. The SMILES string of the molecule is Cc1cc(C#N)cc(N(C)CC(=O)O)n1. The second-order valence-electron chi connectivity index (χ2n) is 3.22. The molecular weight excluding hydrogens is 194 g/mol. The number of aromatic nitrogens is 1. The molecule has 0 saturated carbocycles. The Morgan fingerprint density at radius 2 is 2.33 bits per heavy atom. The monoisotopic (exact) mass is 205 g/mol. The Labute approximate surface area is 87.6 Å². The molecule has 1 heterocycles. The van der Waals surface area contributed by atoms with Crippen LogP contribution in [0, 0.1) is 18.3 Å². The minimum atomic E-state index is -0.931. The molecule has 0 aliphatic heterocycles. The summed E-state index contributed by atoms with van der Waals surface area (Å²) in [5.74, 6) is -0.437. The molecule has 0 unspecified atom stereocenters. The molecule has 0 aliphatic carbocycles. The largest absolute Gasteiger partial charge is 0.480 e. The Kier molecular flexibility index (Phi) is 3.24. The van der Waals surface area contributed by atoms with Crippen molar-refractivity contribution in [3.8, 4) is 6.07 Å². The fourth-order valence-corrected chi connectivity index (χ4v) is 1.20. The average molecular weight is 205 g/mol. The summed E-state index contributed by atoms with van der Waals surface area (Å²) in [4.78, 5) is 16.1. The summed E-state index contributed by atoms with van der Waals surface area (Å²) in [5, 5.41) is 17.3. The van der Waals surface area contributed by atoms with Crippen molar-refractivity contribution in [2.24, 2.45) is 0 Å². The summed E-state index contributed by atoms with van der Waals surface area (Å²) in [6.45, 7) is 1.63. The fraction of sp³-hybridized carbons (Fsp3) is 0.300. The van der Waals surface area contributed by atoms with Crippen molar-refractivity contribution < 1.29 is 9.90 Å². The molecule has 0 bridgehead atoms. The summed E-state index contributed by atoms with van der Waals surface area (Å²) in [5.41, 5.74) is 1.18. The lowest BCUT2D eigenvalue weighted by molar-refractivity contribution is -0.135. The third-order valence-electron chi connectivity index (χ3n) is 1.83. The van der Waals surface area contributed by atoms with Crippen LogP contribution in [0.5, 0.6) is 0 Å². The summed E-state index contributed by atoms with van der Waals surface area (Å²) in [6.07, 6.45) is 0. The van der Waals surface area contributed by atoms with E-state index in [2.05, 4.69) is 4.98 Å². The molecule has 15 heavy (non-hydrogen) atoms. The number of nitrogens with zero attached hydrogens (tertiary/aromatic N) is 3. The predicted octanol–water partition coefficient (Wildman–Crippen LogP) is 0.782. The normalized spacial score (nSPS) is 9.40. The van der Waals surface area contributed by atoms with Crippen molar-refractivity contribution in [3.63, 3.8) is 0 Å². The van der Waals surface area contributed by atoms with Gasteiger partial charge in [0.05, 0.1) is 11.6 Å². The number of anilines is 1. The van der Waals surface area contributed by atoms with Crippen molar-refractivity contribution in [3.05, 3.63) is 23.4 Å². The molecule has 0 saturated heterocycles. The van der Waals surface area contributed by atoms with Crippen LogP contribution in [-0.2, 0) is 4.79 Å². The first-order chi connectivity index (χ1) is 7.02. The van der Waals surface area contributed by atoms with Crippen LogP contribution >= 0.6 is 0 Å². The van der Waals surface area contributed by atoms with E-state index in [1.165, 1.54) is 4.90 Å². The van der Waals surface area contributed by atoms with E-state index in [0.29, 0.717) is 17.1 Å². The van der Waals surface area contributed by atoms with Gasteiger partial charge in [-0.05, 0) is 19.1 Å². The van der Waals surface area contributed by atoms with Crippen molar-refractivity contribution >= 4 is 11.8 Å². The molecule has 0 aliphatic rings. The maximum atomic E-state index is 10.5. The number of carbonyl (C=O) groups is 1. The molecule has 0 spiro atoms. The molecule has 1 aromatic heterocycles. The summed E-state index contributed by atoms with van der Waals surface area (Å²) in [6, 6.07) is 5.22. The number of hydrogen-bond acceptors (Lipinski definition) is 4. The van der Waals surface area contributed by atoms with Crippen molar-refractivity contribution in [2.75, 3.05) is 18.5 Å². The minimum absolute atomic E-state index is 0.138. The standard InChI is InChI=1S/C10H11N3O2/c1-7-3-8(5-11)4-9(12-7)13(2)6-10(14)15/h3-4H,6H2,1-2H3,(H,14,15). The highest BCUT2D eigenvalue weighted by molar-refractivity contribution is 5.73. The maximum Gasteiger partial charge on any atom is 0.323 e. The van der Waals surface area contributed by atoms with Crippen LogP contribution in [0.15, 0.2) is 12.1 Å². The van der Waals surface area contributed by atoms with Gasteiger partial charge in [-0.1, -0.05) is 0 Å². The number of aryl methyl sites for hydroxylation is 1. The Balaban J connectivity index is 2.99. The first-order valence-electron chi connectivity index (χ1n) is 4.34. The van der Waals surface area contributed by atoms with Crippen LogP contribution < -0.4 is 4.90 Å². The van der Waals surface area contributed by atoms with Crippen LogP contribution in [0.2, 0.25) is 0 Å². The van der Waals surface area contributed by atoms with Gasteiger partial charge >= 0.3 is 5.97 Å². The van der Waals surface area contributed by atoms with Crippen molar-refractivity contribution in [1.29, 1.82) is 5.26 Å². The highest BCUT2D eigenvalue weighted by Crippen LogP contribution is 2.12. The van der Waals surface area contributed by atoms with E-state index < -0.39 is 5.97 Å². The molecule has 0 atom stereocenters. The van der Waals surface area contributed by atoms with Gasteiger partial charge in [-0.3, -0.25) is 4.79 Å². The van der Waals surface area contributed by atoms with E-state index in [9.17, 15) is 4.79 Å². The second kappa shape index (κ2) is 4.42. The number of pyridine rings is 1. The van der Waals surface area contributed by atoms with Gasteiger partial charge in [-0.15, -0.1) is 0 Å². The van der Waals surface area contributed by atoms with Gasteiger partial charge in [-0.2, -0.15) is 5.26 Å². The Hall–Kier alpha value is -2.09. The maximum absolute atomic E-state index is 10.5. The number of carboxylic acid groups (broad SMARTS) is 1. The predicted molar refractivity (Wildman–Crippen MR) is 54.6 cm³/mol. The van der Waals surface area contributed by atoms with Crippen LogP contribution in [0.3, 0.4) is 0 Å². The minimum Gasteiger partial charge on any atom is -0.480 e. The average Bonchev–Trinajstić information content (AvgIpc) is 2.15. The van der Waals surface area contributed by atoms with E-state index in [-0.39, 0.29) is 6.54 Å². The zero-order chi connectivity index (χ0) is 11.4. The highest BCUT2D eigenvalue weighted by atomic mass is 16.4. The number of hydrogen-bond donors (Lipinski definition) is 1. The van der Waals surface area contributed by atoms with Gasteiger partial charge in [0, 0.05) is 12.7 Å². The molecule has 1 aromatic rings. The topological polar surface area (TPSA) is 77.2 Å². The quantitative estimate of drug-likeness (QED) is 0.789. The number of aliphatic carboxylic acids is 1. The molecule has 5 heteroatoms. The lowest BCUT2D eigenvalue weighted by Crippen LogP contribution is -2.26. The van der Waals surface area contributed by atoms with Gasteiger partial charge in [0.25, 0.3) is 0 Å². The fourth-order valence-electron chi connectivity index (χ4n) is 1.20. The molecule has 5 nitrogen and oxygen atoms in total. The van der Waals surface area contributed by atoms with Crippen LogP contribution in [0.1, 0.15) is 11.3 Å². The molecule has 0 fully saturated rings. The zero-order valence-corrected chi connectivity index (χ0v) is 8.56. The molecule has 78 valence electrons. The van der Waals surface area contributed by atoms with Crippen LogP contribution in [0.25, 0.3) is 0 Å². The number of carboxylic acids is 1. The molecular formula is C10H11N3O2. The van der Waals surface area contributed by atoms with Gasteiger partial charge in [0.2, 0.25) is 0 Å². The van der Waals surface area contributed by atoms with E-state index in [0.717, 1.165) is 0 Å². The highest BCUT2D eigenvalue weighted by Gasteiger charge is 2.08. The molecule has 0 aromatic carbocycles. The van der Waals surface area contributed by atoms with Gasteiger partial charge < -0.3 is 10.0 Å². The lowest BCUT2D eigenvalue weighted by Gasteiger charge is -2.15. The number of nitriles is 1. The Bertz CT molecular complexity index is 423. The third-order valence-corrected chi connectivity index (χ3v) is 1.83. The molecule has 0 amide bonds.